The van der Waals surface area contributed by atoms with Gasteiger partial charge in [0.25, 0.3) is 0 Å². The highest BCUT2D eigenvalue weighted by Crippen LogP contribution is 2.18. The van der Waals surface area contributed by atoms with Crippen molar-refractivity contribution in [1.82, 2.24) is 19.7 Å². The van der Waals surface area contributed by atoms with Crippen LogP contribution in [0.4, 0.5) is 0 Å². The lowest BCUT2D eigenvalue weighted by Gasteiger charge is -2.05. The van der Waals surface area contributed by atoms with Crippen molar-refractivity contribution in [2.24, 2.45) is 5.73 Å². The molecule has 1 aromatic carbocycles. The molecule has 9 nitrogen and oxygen atoms in total. The number of nitrogens with one attached hydrogen (secondary N) is 1. The third kappa shape index (κ3) is 4.15. The highest BCUT2D eigenvalue weighted by Gasteiger charge is 2.17. The topological polar surface area (TPSA) is 140 Å². The van der Waals surface area contributed by atoms with Gasteiger partial charge in [-0.1, -0.05) is 24.3 Å². The molecule has 0 aliphatic rings. The van der Waals surface area contributed by atoms with E-state index in [0.717, 1.165) is 5.56 Å². The van der Waals surface area contributed by atoms with Gasteiger partial charge in [0, 0.05) is 23.7 Å². The SMILES string of the molecule is COC(=O)C(O)Cc1cn(-c2ccc(-c3ccc(C(=N)N)cc3)nn2)cn1. The number of aliphatic hydroxyl groups excluding tert-OH is 1. The minimum atomic E-state index is -1.26. The first-order valence-electron chi connectivity index (χ1n) is 8.05. The quantitative estimate of drug-likeness (QED) is 0.331. The van der Waals surface area contributed by atoms with Gasteiger partial charge in [-0.2, -0.15) is 0 Å². The van der Waals surface area contributed by atoms with Crippen LogP contribution >= 0.6 is 0 Å². The van der Waals surface area contributed by atoms with E-state index in [1.165, 1.54) is 13.4 Å². The van der Waals surface area contributed by atoms with E-state index in [-0.39, 0.29) is 12.3 Å². The summed E-state index contributed by atoms with van der Waals surface area (Å²) in [7, 11) is 1.22. The fraction of sp³-hybridized carbons (Fsp3) is 0.167. The predicted molar refractivity (Wildman–Crippen MR) is 97.3 cm³/mol. The summed E-state index contributed by atoms with van der Waals surface area (Å²) in [5, 5.41) is 25.5. The summed E-state index contributed by atoms with van der Waals surface area (Å²) < 4.78 is 6.13. The second kappa shape index (κ2) is 7.75. The van der Waals surface area contributed by atoms with Crippen molar-refractivity contribution >= 4 is 11.8 Å². The number of nitrogens with zero attached hydrogens (tertiary/aromatic N) is 4. The number of benzene rings is 1. The number of methoxy groups -OCH3 is 1. The van der Waals surface area contributed by atoms with E-state index in [1.807, 2.05) is 18.2 Å². The predicted octanol–water partition coefficient (Wildman–Crippen LogP) is 0.690. The van der Waals surface area contributed by atoms with Crippen molar-refractivity contribution < 1.29 is 14.6 Å². The lowest BCUT2D eigenvalue weighted by Crippen LogP contribution is -2.24. The number of ether oxygens (including phenoxy) is 1. The van der Waals surface area contributed by atoms with Crippen molar-refractivity contribution in [3.8, 4) is 17.1 Å². The smallest absolute Gasteiger partial charge is 0.335 e. The highest BCUT2D eigenvalue weighted by atomic mass is 16.5. The molecule has 0 radical (unpaired) electrons. The van der Waals surface area contributed by atoms with Gasteiger partial charge in [0.1, 0.15) is 12.2 Å². The number of carbonyl (C=O) groups excluding carboxylic acids is 1. The van der Waals surface area contributed by atoms with Crippen molar-refractivity contribution in [3.05, 3.63) is 60.2 Å². The molecule has 0 spiro atoms. The number of hydrogen-bond donors (Lipinski definition) is 3. The molecule has 3 aromatic rings. The third-order valence-electron chi connectivity index (χ3n) is 3.92. The summed E-state index contributed by atoms with van der Waals surface area (Å²) in [4.78, 5) is 15.4. The Kier molecular flexibility index (Phi) is 5.23. The second-order valence-corrected chi connectivity index (χ2v) is 5.78. The molecule has 1 atom stereocenters. The first kappa shape index (κ1) is 18.2. The van der Waals surface area contributed by atoms with Crippen LogP contribution in [0.15, 0.2) is 48.9 Å². The Morgan fingerprint density at radius 1 is 1.26 bits per heavy atom. The van der Waals surface area contributed by atoms with Gasteiger partial charge < -0.3 is 15.6 Å². The van der Waals surface area contributed by atoms with Crippen LogP contribution in [0.3, 0.4) is 0 Å². The summed E-state index contributed by atoms with van der Waals surface area (Å²) in [5.41, 5.74) is 8.15. The van der Waals surface area contributed by atoms with Crippen LogP contribution in [0.5, 0.6) is 0 Å². The maximum atomic E-state index is 11.3. The molecule has 0 saturated heterocycles. The first-order valence-corrected chi connectivity index (χ1v) is 8.05. The highest BCUT2D eigenvalue weighted by molar-refractivity contribution is 5.95. The average molecular weight is 366 g/mol. The molecule has 0 bridgehead atoms. The number of nitrogen functional groups attached to an aromatic ring is 1. The molecule has 0 aliphatic heterocycles. The molecule has 2 aromatic heterocycles. The monoisotopic (exact) mass is 366 g/mol. The Bertz CT molecular complexity index is 950. The molecule has 9 heteroatoms. The van der Waals surface area contributed by atoms with E-state index < -0.39 is 12.1 Å². The van der Waals surface area contributed by atoms with Gasteiger partial charge >= 0.3 is 5.97 Å². The molecule has 0 aliphatic carbocycles. The number of imidazole rings is 1. The summed E-state index contributed by atoms with van der Waals surface area (Å²) in [6.45, 7) is 0. The summed E-state index contributed by atoms with van der Waals surface area (Å²) >= 11 is 0. The molecule has 138 valence electrons. The molecular formula is C18H18N6O3. The summed E-state index contributed by atoms with van der Waals surface area (Å²) in [5.74, 6) is -0.147. The molecule has 2 heterocycles. The van der Waals surface area contributed by atoms with E-state index in [0.29, 0.717) is 22.8 Å². The number of rotatable bonds is 6. The minimum Gasteiger partial charge on any atom is -0.467 e. The molecule has 27 heavy (non-hydrogen) atoms. The van der Waals surface area contributed by atoms with Crippen LogP contribution in [0.25, 0.3) is 17.1 Å². The van der Waals surface area contributed by atoms with E-state index in [1.54, 1.807) is 29.0 Å². The third-order valence-corrected chi connectivity index (χ3v) is 3.92. The Balaban J connectivity index is 1.74. The van der Waals surface area contributed by atoms with Gasteiger partial charge in [0.2, 0.25) is 0 Å². The number of aliphatic hydroxyl groups is 1. The second-order valence-electron chi connectivity index (χ2n) is 5.78. The maximum Gasteiger partial charge on any atom is 0.335 e. The van der Waals surface area contributed by atoms with Gasteiger partial charge in [0.05, 0.1) is 18.5 Å². The normalized spacial score (nSPS) is 11.8. The fourth-order valence-corrected chi connectivity index (χ4v) is 2.45. The Labute approximate surface area is 155 Å². The summed E-state index contributed by atoms with van der Waals surface area (Å²) in [6, 6.07) is 10.7. The lowest BCUT2D eigenvalue weighted by atomic mass is 10.1. The number of hydrogen-bond acceptors (Lipinski definition) is 7. The van der Waals surface area contributed by atoms with Gasteiger partial charge in [-0.3, -0.25) is 9.98 Å². The lowest BCUT2D eigenvalue weighted by molar-refractivity contribution is -0.150. The van der Waals surface area contributed by atoms with Crippen LogP contribution in [-0.4, -0.2) is 49.9 Å². The molecular weight excluding hydrogens is 348 g/mol. The van der Waals surface area contributed by atoms with Gasteiger partial charge in [-0.05, 0) is 12.1 Å². The standard InChI is InChI=1S/C18H18N6O3/c1-27-18(26)15(25)8-13-9-24(10-21-13)16-7-6-14(22-23-16)11-2-4-12(5-3-11)17(19)20/h2-7,9-10,15,25H,8H2,1H3,(H3,19,20). The van der Waals surface area contributed by atoms with E-state index in [4.69, 9.17) is 11.1 Å². The van der Waals surface area contributed by atoms with Gasteiger partial charge in [0.15, 0.2) is 11.9 Å². The number of esters is 1. The van der Waals surface area contributed by atoms with Gasteiger partial charge in [-0.25, -0.2) is 9.78 Å². The maximum absolute atomic E-state index is 11.3. The molecule has 4 N–H and O–H groups in total. The van der Waals surface area contributed by atoms with Crippen LogP contribution in [0.1, 0.15) is 11.3 Å². The summed E-state index contributed by atoms with van der Waals surface area (Å²) in [6.07, 6.45) is 1.99. The van der Waals surface area contributed by atoms with Crippen molar-refractivity contribution in [1.29, 1.82) is 5.41 Å². The van der Waals surface area contributed by atoms with Crippen LogP contribution in [0.2, 0.25) is 0 Å². The number of carbonyl (C=O) groups is 1. The number of aromatic nitrogens is 4. The largest absolute Gasteiger partial charge is 0.467 e. The van der Waals surface area contributed by atoms with Crippen molar-refractivity contribution in [2.45, 2.75) is 12.5 Å². The van der Waals surface area contributed by atoms with Crippen molar-refractivity contribution in [2.75, 3.05) is 7.11 Å². The number of amidine groups is 1. The van der Waals surface area contributed by atoms with E-state index >= 15 is 0 Å². The van der Waals surface area contributed by atoms with Crippen LogP contribution in [-0.2, 0) is 16.0 Å². The van der Waals surface area contributed by atoms with E-state index in [2.05, 4.69) is 19.9 Å². The molecule has 1 unspecified atom stereocenters. The van der Waals surface area contributed by atoms with Crippen LogP contribution < -0.4 is 5.73 Å². The minimum absolute atomic E-state index is 0.0104. The van der Waals surface area contributed by atoms with Crippen molar-refractivity contribution in [3.63, 3.8) is 0 Å². The average Bonchev–Trinajstić information content (AvgIpc) is 3.16. The van der Waals surface area contributed by atoms with Crippen LogP contribution in [0, 0.1) is 5.41 Å². The molecule has 3 rings (SSSR count). The first-order chi connectivity index (χ1) is 13.0. The van der Waals surface area contributed by atoms with E-state index in [9.17, 15) is 9.90 Å². The molecule has 0 amide bonds. The fourth-order valence-electron chi connectivity index (χ4n) is 2.45. The molecule has 0 saturated carbocycles. The Morgan fingerprint density at radius 3 is 2.59 bits per heavy atom. The van der Waals surface area contributed by atoms with Gasteiger partial charge in [-0.15, -0.1) is 10.2 Å². The zero-order valence-electron chi connectivity index (χ0n) is 14.5. The Morgan fingerprint density at radius 2 is 2.00 bits per heavy atom. The Hall–Kier alpha value is -3.59. The zero-order chi connectivity index (χ0) is 19.4. The molecule has 0 fully saturated rings. The zero-order valence-corrected chi connectivity index (χ0v) is 14.5. The number of nitrogens with two attached hydrogens (primary N) is 1.